The number of likely N-dealkylation sites (tertiary alicyclic amines) is 1. The van der Waals surface area contributed by atoms with Crippen molar-refractivity contribution in [3.8, 4) is 0 Å². The lowest BCUT2D eigenvalue weighted by molar-refractivity contribution is -0.103. The summed E-state index contributed by atoms with van der Waals surface area (Å²) in [5.74, 6) is 3.28. The van der Waals surface area contributed by atoms with E-state index >= 15 is 0 Å². The van der Waals surface area contributed by atoms with Gasteiger partial charge in [0.1, 0.15) is 0 Å². The molecule has 0 amide bonds. The van der Waals surface area contributed by atoms with Crippen LogP contribution in [0.4, 0.5) is 5.69 Å². The first-order valence-electron chi connectivity index (χ1n) is 14.9. The average Bonchev–Trinajstić information content (AvgIpc) is 3.10. The normalized spacial score (nSPS) is 32.9. The van der Waals surface area contributed by atoms with E-state index in [9.17, 15) is 8.42 Å². The highest BCUT2D eigenvalue weighted by atomic mass is 32.2. The lowest BCUT2D eigenvalue weighted by Crippen LogP contribution is -2.60. The Morgan fingerprint density at radius 2 is 1.66 bits per heavy atom. The summed E-state index contributed by atoms with van der Waals surface area (Å²) in [6, 6.07) is 12.2. The first-order valence-corrected chi connectivity index (χ1v) is 16.4. The number of anilines is 1. The SMILES string of the molecule is C=CCN(C)C(CN1CCC(CN2c3cccc4cccc(c34)S2(=O)=O)CC1)C12CC3CC(CC(C3)C1)C2. The zero-order valence-electron chi connectivity index (χ0n) is 22.9. The summed E-state index contributed by atoms with van der Waals surface area (Å²) >= 11 is 0. The lowest BCUT2D eigenvalue weighted by atomic mass is 9.47. The van der Waals surface area contributed by atoms with Gasteiger partial charge in [0, 0.05) is 31.1 Å². The number of hydrogen-bond acceptors (Lipinski definition) is 4. The van der Waals surface area contributed by atoms with Gasteiger partial charge < -0.3 is 4.90 Å². The molecule has 0 spiro atoms. The van der Waals surface area contributed by atoms with E-state index in [2.05, 4.69) is 29.5 Å². The summed E-state index contributed by atoms with van der Waals surface area (Å²) in [7, 11) is -1.14. The van der Waals surface area contributed by atoms with Gasteiger partial charge in [0.25, 0.3) is 10.0 Å². The molecule has 4 aliphatic carbocycles. The third-order valence-corrected chi connectivity index (χ3v) is 12.8. The molecule has 6 aliphatic rings. The number of likely N-dealkylation sites (N-methyl/N-ethyl adjacent to an activating group) is 1. The molecule has 0 aromatic heterocycles. The summed E-state index contributed by atoms with van der Waals surface area (Å²) in [4.78, 5) is 5.79. The number of nitrogens with zero attached hydrogens (tertiary/aromatic N) is 3. The van der Waals surface area contributed by atoms with Crippen molar-refractivity contribution in [3.63, 3.8) is 0 Å². The zero-order valence-corrected chi connectivity index (χ0v) is 23.7. The van der Waals surface area contributed by atoms with Crippen LogP contribution in [0.1, 0.15) is 51.4 Å². The van der Waals surface area contributed by atoms with Gasteiger partial charge in [0.05, 0.1) is 10.6 Å². The molecule has 2 aromatic rings. The van der Waals surface area contributed by atoms with Crippen LogP contribution < -0.4 is 4.31 Å². The van der Waals surface area contributed by atoms with Gasteiger partial charge in [-0.05, 0) is 118 Å². The predicted octanol–water partition coefficient (Wildman–Crippen LogP) is 5.76. The van der Waals surface area contributed by atoms with Gasteiger partial charge in [-0.1, -0.05) is 30.3 Å². The van der Waals surface area contributed by atoms with Gasteiger partial charge in [0.15, 0.2) is 0 Å². The molecule has 2 aliphatic heterocycles. The largest absolute Gasteiger partial charge is 0.302 e. The summed E-state index contributed by atoms with van der Waals surface area (Å²) < 4.78 is 28.7. The number of rotatable bonds is 8. The maximum atomic E-state index is 13.5. The third kappa shape index (κ3) is 4.05. The van der Waals surface area contributed by atoms with Crippen molar-refractivity contribution >= 4 is 26.5 Å². The van der Waals surface area contributed by atoms with E-state index in [0.717, 1.165) is 73.2 Å². The Hall–Kier alpha value is -1.89. The topological polar surface area (TPSA) is 43.9 Å². The molecule has 204 valence electrons. The van der Waals surface area contributed by atoms with Crippen molar-refractivity contribution in [2.45, 2.75) is 62.3 Å². The predicted molar refractivity (Wildman–Crippen MR) is 155 cm³/mol. The Balaban J connectivity index is 1.04. The van der Waals surface area contributed by atoms with E-state index < -0.39 is 10.0 Å². The molecule has 1 atom stereocenters. The Labute approximate surface area is 228 Å². The monoisotopic (exact) mass is 533 g/mol. The lowest BCUT2D eigenvalue weighted by Gasteiger charge is -2.61. The minimum Gasteiger partial charge on any atom is -0.302 e. The molecular weight excluding hydrogens is 490 g/mol. The highest BCUT2D eigenvalue weighted by Crippen LogP contribution is 2.62. The second-order valence-corrected chi connectivity index (χ2v) is 15.3. The molecule has 5 nitrogen and oxygen atoms in total. The van der Waals surface area contributed by atoms with Crippen LogP contribution in [-0.2, 0) is 10.0 Å². The van der Waals surface area contributed by atoms with Gasteiger partial charge in [-0.25, -0.2) is 8.42 Å². The molecule has 6 heteroatoms. The number of benzene rings is 2. The van der Waals surface area contributed by atoms with E-state index in [-0.39, 0.29) is 0 Å². The molecule has 0 N–H and O–H groups in total. The molecule has 2 heterocycles. The Morgan fingerprint density at radius 3 is 2.29 bits per heavy atom. The van der Waals surface area contributed by atoms with Crippen LogP contribution in [-0.4, -0.2) is 64.0 Å². The van der Waals surface area contributed by atoms with Gasteiger partial charge in [-0.3, -0.25) is 9.21 Å². The molecule has 38 heavy (non-hydrogen) atoms. The van der Waals surface area contributed by atoms with E-state index in [1.54, 1.807) is 10.4 Å². The van der Waals surface area contributed by atoms with Crippen molar-refractivity contribution in [3.05, 3.63) is 49.1 Å². The van der Waals surface area contributed by atoms with Gasteiger partial charge in [0.2, 0.25) is 0 Å². The maximum absolute atomic E-state index is 13.5. The van der Waals surface area contributed by atoms with Crippen LogP contribution in [0, 0.1) is 29.1 Å². The minimum atomic E-state index is -3.47. The molecule has 0 radical (unpaired) electrons. The molecule has 4 bridgehead atoms. The molecule has 1 saturated heterocycles. The second kappa shape index (κ2) is 9.35. The van der Waals surface area contributed by atoms with E-state index in [0.29, 0.717) is 28.8 Å². The van der Waals surface area contributed by atoms with Crippen LogP contribution >= 0.6 is 0 Å². The maximum Gasteiger partial charge on any atom is 0.265 e. The Morgan fingerprint density at radius 1 is 1.03 bits per heavy atom. The van der Waals surface area contributed by atoms with E-state index in [4.69, 9.17) is 0 Å². The quantitative estimate of drug-likeness (QED) is 0.405. The molecule has 1 unspecified atom stereocenters. The zero-order chi connectivity index (χ0) is 26.1. The highest BCUT2D eigenvalue weighted by Gasteiger charge is 2.55. The average molecular weight is 534 g/mol. The van der Waals surface area contributed by atoms with Crippen molar-refractivity contribution < 1.29 is 8.42 Å². The molecule has 2 aromatic carbocycles. The fraction of sp³-hybridized carbons (Fsp3) is 0.625. The van der Waals surface area contributed by atoms with Crippen molar-refractivity contribution in [1.29, 1.82) is 0 Å². The van der Waals surface area contributed by atoms with Gasteiger partial charge in [-0.2, -0.15) is 0 Å². The number of sulfonamides is 1. The highest BCUT2D eigenvalue weighted by molar-refractivity contribution is 7.93. The Kier molecular flexibility index (Phi) is 6.17. The molecular formula is C32H43N3O2S. The van der Waals surface area contributed by atoms with Gasteiger partial charge >= 0.3 is 0 Å². The molecule has 8 rings (SSSR count). The number of piperidine rings is 1. The molecule has 4 saturated carbocycles. The fourth-order valence-corrected chi connectivity index (χ4v) is 11.5. The van der Waals surface area contributed by atoms with Crippen LogP contribution in [0.3, 0.4) is 0 Å². The van der Waals surface area contributed by atoms with Gasteiger partial charge in [-0.15, -0.1) is 6.58 Å². The standard InChI is InChI=1S/C32H43N3O2S/c1-3-12-33(2)30(32-18-24-15-25(19-32)17-26(16-24)20-32)22-34-13-10-23(11-14-34)21-35-28-8-4-6-27-7-5-9-29(31(27)28)38(35,36)37/h3-9,23-26,30H,1,10-22H2,2H3. The first-order chi connectivity index (χ1) is 18.4. The van der Waals surface area contributed by atoms with E-state index in [1.807, 2.05) is 30.3 Å². The smallest absolute Gasteiger partial charge is 0.265 e. The second-order valence-electron chi connectivity index (χ2n) is 13.4. The van der Waals surface area contributed by atoms with E-state index in [1.165, 1.54) is 38.5 Å². The number of hydrogen-bond donors (Lipinski definition) is 0. The summed E-state index contributed by atoms with van der Waals surface area (Å²) in [5, 5.41) is 1.91. The van der Waals surface area contributed by atoms with Crippen molar-refractivity contribution in [2.75, 3.05) is 44.1 Å². The summed E-state index contributed by atoms with van der Waals surface area (Å²) in [5.41, 5.74) is 1.35. The van der Waals surface area contributed by atoms with Crippen LogP contribution in [0.2, 0.25) is 0 Å². The fourth-order valence-electron chi connectivity index (χ4n) is 9.70. The van der Waals surface area contributed by atoms with Crippen LogP contribution in [0.15, 0.2) is 53.9 Å². The summed E-state index contributed by atoms with van der Waals surface area (Å²) in [6.07, 6.45) is 13.0. The van der Waals surface area contributed by atoms with Crippen LogP contribution in [0.5, 0.6) is 0 Å². The van der Waals surface area contributed by atoms with Crippen molar-refractivity contribution in [2.24, 2.45) is 29.1 Å². The Bertz CT molecular complexity index is 1290. The first kappa shape index (κ1) is 25.1. The van der Waals surface area contributed by atoms with Crippen LogP contribution in [0.25, 0.3) is 10.8 Å². The summed E-state index contributed by atoms with van der Waals surface area (Å²) in [6.45, 7) is 8.91. The van der Waals surface area contributed by atoms with Crippen molar-refractivity contribution in [1.82, 2.24) is 9.80 Å². The molecule has 5 fully saturated rings. The minimum absolute atomic E-state index is 0.398. The third-order valence-electron chi connectivity index (χ3n) is 11.0.